The summed E-state index contributed by atoms with van der Waals surface area (Å²) in [5, 5.41) is 3.05. The molecule has 2 rings (SSSR count). The Morgan fingerprint density at radius 2 is 1.67 bits per heavy atom. The van der Waals surface area contributed by atoms with Gasteiger partial charge in [-0.2, -0.15) is 17.4 Å². The SMILES string of the molecule is O=S(=O)(NC1CNC1)N1CCCCCC1. The first kappa shape index (κ1) is 11.3. The fourth-order valence-corrected chi connectivity index (χ4v) is 3.42. The van der Waals surface area contributed by atoms with E-state index in [1.807, 2.05) is 0 Å². The quantitative estimate of drug-likeness (QED) is 0.701. The second-order valence-corrected chi connectivity index (χ2v) is 5.99. The van der Waals surface area contributed by atoms with E-state index in [1.165, 1.54) is 0 Å². The van der Waals surface area contributed by atoms with Crippen LogP contribution < -0.4 is 10.0 Å². The van der Waals surface area contributed by atoms with Crippen LogP contribution >= 0.6 is 0 Å². The van der Waals surface area contributed by atoms with E-state index in [0.717, 1.165) is 38.8 Å². The van der Waals surface area contributed by atoms with Crippen LogP contribution in [0.3, 0.4) is 0 Å². The Bertz CT molecular complexity index is 292. The van der Waals surface area contributed by atoms with Gasteiger partial charge >= 0.3 is 0 Å². The van der Waals surface area contributed by atoms with Crippen LogP contribution in [0.25, 0.3) is 0 Å². The molecule has 0 aromatic carbocycles. The highest BCUT2D eigenvalue weighted by Gasteiger charge is 2.28. The minimum Gasteiger partial charge on any atom is -0.313 e. The molecule has 5 nitrogen and oxygen atoms in total. The smallest absolute Gasteiger partial charge is 0.279 e. The van der Waals surface area contributed by atoms with E-state index >= 15 is 0 Å². The van der Waals surface area contributed by atoms with Gasteiger partial charge in [0.25, 0.3) is 10.2 Å². The molecule has 0 aliphatic carbocycles. The lowest BCUT2D eigenvalue weighted by Gasteiger charge is -2.30. The third-order valence-electron chi connectivity index (χ3n) is 3.00. The van der Waals surface area contributed by atoms with Crippen LogP contribution in [0.2, 0.25) is 0 Å². The molecule has 0 unspecified atom stereocenters. The zero-order valence-corrected chi connectivity index (χ0v) is 9.72. The Balaban J connectivity index is 1.93. The molecule has 0 bridgehead atoms. The molecule has 88 valence electrons. The third-order valence-corrected chi connectivity index (χ3v) is 4.68. The van der Waals surface area contributed by atoms with Crippen LogP contribution in [0.15, 0.2) is 0 Å². The molecule has 0 aromatic heterocycles. The van der Waals surface area contributed by atoms with Gasteiger partial charge in [-0.25, -0.2) is 0 Å². The van der Waals surface area contributed by atoms with Crippen molar-refractivity contribution in [1.82, 2.24) is 14.3 Å². The first-order valence-electron chi connectivity index (χ1n) is 5.66. The van der Waals surface area contributed by atoms with Gasteiger partial charge in [-0.15, -0.1) is 0 Å². The molecule has 0 spiro atoms. The molecule has 0 amide bonds. The summed E-state index contributed by atoms with van der Waals surface area (Å²) in [6.45, 7) is 2.87. The molecule has 2 heterocycles. The summed E-state index contributed by atoms with van der Waals surface area (Å²) < 4.78 is 28.2. The topological polar surface area (TPSA) is 61.4 Å². The zero-order valence-electron chi connectivity index (χ0n) is 8.91. The van der Waals surface area contributed by atoms with Gasteiger partial charge in [0.1, 0.15) is 0 Å². The van der Waals surface area contributed by atoms with Crippen molar-refractivity contribution >= 4 is 10.2 Å². The number of hydrogen-bond acceptors (Lipinski definition) is 3. The van der Waals surface area contributed by atoms with E-state index in [0.29, 0.717) is 13.1 Å². The summed E-state index contributed by atoms with van der Waals surface area (Å²) in [7, 11) is -3.22. The lowest BCUT2D eigenvalue weighted by atomic mass is 10.2. The Hall–Kier alpha value is -0.170. The van der Waals surface area contributed by atoms with Gasteiger partial charge in [0.15, 0.2) is 0 Å². The van der Waals surface area contributed by atoms with Crippen LogP contribution in [0.4, 0.5) is 0 Å². The average molecular weight is 233 g/mol. The summed E-state index contributed by atoms with van der Waals surface area (Å²) in [5.74, 6) is 0. The molecule has 2 aliphatic heterocycles. The summed E-state index contributed by atoms with van der Waals surface area (Å²) >= 11 is 0. The lowest BCUT2D eigenvalue weighted by molar-refractivity contribution is 0.372. The molecule has 2 fully saturated rings. The highest BCUT2D eigenvalue weighted by atomic mass is 32.2. The van der Waals surface area contributed by atoms with E-state index in [1.54, 1.807) is 4.31 Å². The van der Waals surface area contributed by atoms with E-state index in [9.17, 15) is 8.42 Å². The van der Waals surface area contributed by atoms with E-state index in [4.69, 9.17) is 0 Å². The van der Waals surface area contributed by atoms with Crippen molar-refractivity contribution in [1.29, 1.82) is 0 Å². The maximum Gasteiger partial charge on any atom is 0.279 e. The minimum absolute atomic E-state index is 0.0956. The van der Waals surface area contributed by atoms with E-state index < -0.39 is 10.2 Å². The van der Waals surface area contributed by atoms with Gasteiger partial charge in [-0.1, -0.05) is 12.8 Å². The lowest BCUT2D eigenvalue weighted by Crippen LogP contribution is -2.59. The molecule has 2 saturated heterocycles. The van der Waals surface area contributed by atoms with Gasteiger partial charge in [0, 0.05) is 32.2 Å². The van der Waals surface area contributed by atoms with Crippen molar-refractivity contribution in [2.75, 3.05) is 26.2 Å². The molecule has 0 atom stereocenters. The summed E-state index contributed by atoms with van der Waals surface area (Å²) in [5.41, 5.74) is 0. The van der Waals surface area contributed by atoms with Crippen molar-refractivity contribution in [2.45, 2.75) is 31.7 Å². The van der Waals surface area contributed by atoms with Crippen molar-refractivity contribution in [3.8, 4) is 0 Å². The van der Waals surface area contributed by atoms with Crippen molar-refractivity contribution in [3.63, 3.8) is 0 Å². The maximum absolute atomic E-state index is 11.9. The number of nitrogens with one attached hydrogen (secondary N) is 2. The Morgan fingerprint density at radius 3 is 2.13 bits per heavy atom. The van der Waals surface area contributed by atoms with Crippen LogP contribution in [0.1, 0.15) is 25.7 Å². The fourth-order valence-electron chi connectivity index (χ4n) is 1.94. The molecule has 0 aromatic rings. The van der Waals surface area contributed by atoms with Gasteiger partial charge in [-0.3, -0.25) is 0 Å². The molecular formula is C9H19N3O2S. The van der Waals surface area contributed by atoms with Gasteiger partial charge in [-0.05, 0) is 12.8 Å². The molecule has 0 radical (unpaired) electrons. The molecule has 2 N–H and O–H groups in total. The molecule has 2 aliphatic rings. The van der Waals surface area contributed by atoms with Gasteiger partial charge in [0.2, 0.25) is 0 Å². The second-order valence-electron chi connectivity index (χ2n) is 4.29. The highest BCUT2D eigenvalue weighted by Crippen LogP contribution is 2.12. The summed E-state index contributed by atoms with van der Waals surface area (Å²) in [6, 6.07) is 0.0956. The predicted octanol–water partition coefficient (Wildman–Crippen LogP) is -0.331. The van der Waals surface area contributed by atoms with E-state index in [-0.39, 0.29) is 6.04 Å². The Kier molecular flexibility index (Phi) is 3.60. The van der Waals surface area contributed by atoms with Crippen molar-refractivity contribution < 1.29 is 8.42 Å². The standard InChI is InChI=1S/C9H19N3O2S/c13-15(14,11-9-7-10-8-9)12-5-3-1-2-4-6-12/h9-11H,1-8H2. The Morgan fingerprint density at radius 1 is 1.07 bits per heavy atom. The minimum atomic E-state index is -3.22. The van der Waals surface area contributed by atoms with Crippen molar-refractivity contribution in [2.24, 2.45) is 0 Å². The van der Waals surface area contributed by atoms with Gasteiger partial charge < -0.3 is 5.32 Å². The fraction of sp³-hybridized carbons (Fsp3) is 1.00. The number of nitrogens with zero attached hydrogens (tertiary/aromatic N) is 1. The summed E-state index contributed by atoms with van der Waals surface area (Å²) in [4.78, 5) is 0. The monoisotopic (exact) mass is 233 g/mol. The number of hydrogen-bond donors (Lipinski definition) is 2. The zero-order chi connectivity index (χ0) is 10.7. The van der Waals surface area contributed by atoms with Crippen LogP contribution in [-0.2, 0) is 10.2 Å². The van der Waals surface area contributed by atoms with Crippen LogP contribution in [-0.4, -0.2) is 44.9 Å². The first-order valence-corrected chi connectivity index (χ1v) is 7.10. The highest BCUT2D eigenvalue weighted by molar-refractivity contribution is 7.87. The molecular weight excluding hydrogens is 214 g/mol. The van der Waals surface area contributed by atoms with Crippen molar-refractivity contribution in [3.05, 3.63) is 0 Å². The molecule has 6 heteroatoms. The second kappa shape index (κ2) is 4.78. The largest absolute Gasteiger partial charge is 0.313 e. The first-order chi connectivity index (χ1) is 7.18. The van der Waals surface area contributed by atoms with Crippen LogP contribution in [0.5, 0.6) is 0 Å². The molecule has 0 saturated carbocycles. The Labute approximate surface area is 91.4 Å². The summed E-state index contributed by atoms with van der Waals surface area (Å²) in [6.07, 6.45) is 4.28. The predicted molar refractivity (Wildman–Crippen MR) is 58.8 cm³/mol. The third kappa shape index (κ3) is 2.90. The maximum atomic E-state index is 11.9. The van der Waals surface area contributed by atoms with E-state index in [2.05, 4.69) is 10.0 Å². The normalized spacial score (nSPS) is 25.9. The number of rotatable bonds is 3. The van der Waals surface area contributed by atoms with Gasteiger partial charge in [0.05, 0.1) is 0 Å². The molecule has 15 heavy (non-hydrogen) atoms. The van der Waals surface area contributed by atoms with Crippen LogP contribution in [0, 0.1) is 0 Å². The average Bonchev–Trinajstić information content (AvgIpc) is 2.40.